The molecule has 3 rings (SSSR count). The monoisotopic (exact) mass is 384 g/mol. The molecular weight excluding hydrogens is 355 g/mol. The van der Waals surface area contributed by atoms with Gasteiger partial charge in [-0.25, -0.2) is 4.39 Å². The van der Waals surface area contributed by atoms with Gasteiger partial charge in [0.05, 0.1) is 7.11 Å². The molecule has 1 aliphatic rings. The van der Waals surface area contributed by atoms with Crippen LogP contribution in [-0.2, 0) is 17.9 Å². The summed E-state index contributed by atoms with van der Waals surface area (Å²) < 4.78 is 18.5. The molecule has 2 aromatic carbocycles. The molecule has 0 radical (unpaired) electrons. The van der Waals surface area contributed by atoms with Gasteiger partial charge in [-0.15, -0.1) is 0 Å². The highest BCUT2D eigenvalue weighted by molar-refractivity contribution is 5.77. The highest BCUT2D eigenvalue weighted by atomic mass is 19.1. The van der Waals surface area contributed by atoms with Crippen LogP contribution in [0.5, 0.6) is 5.75 Å². The van der Waals surface area contributed by atoms with Gasteiger partial charge < -0.3 is 9.64 Å². The number of amides is 1. The van der Waals surface area contributed by atoms with E-state index < -0.39 is 0 Å². The smallest absolute Gasteiger partial charge is 0.224 e. The number of carbonyl (C=O) groups excluding carboxylic acids is 1. The van der Waals surface area contributed by atoms with Crippen LogP contribution >= 0.6 is 0 Å². The van der Waals surface area contributed by atoms with E-state index in [1.165, 1.54) is 17.7 Å². The van der Waals surface area contributed by atoms with Gasteiger partial charge in [0.1, 0.15) is 11.6 Å². The molecule has 0 saturated carbocycles. The number of hydrogen-bond acceptors (Lipinski definition) is 3. The van der Waals surface area contributed by atoms with E-state index in [1.807, 2.05) is 17.0 Å². The topological polar surface area (TPSA) is 32.8 Å². The fraction of sp³-hybridized carbons (Fsp3) is 0.435. The number of methoxy groups -OCH3 is 1. The molecule has 150 valence electrons. The zero-order valence-corrected chi connectivity index (χ0v) is 16.9. The third kappa shape index (κ3) is 5.10. The summed E-state index contributed by atoms with van der Waals surface area (Å²) in [5, 5.41) is 0. The van der Waals surface area contributed by atoms with E-state index in [0.717, 1.165) is 30.9 Å². The van der Waals surface area contributed by atoms with Crippen molar-refractivity contribution in [2.75, 3.05) is 20.2 Å². The largest absolute Gasteiger partial charge is 0.497 e. The minimum absolute atomic E-state index is 0.123. The second kappa shape index (κ2) is 9.20. The standard InChI is InChI=1S/C23H29FN2O2/c1-17(2)22-16-25(14-18-6-10-21(28-3)11-7-18)13-12-23(27)26(22)15-19-4-8-20(24)9-5-19/h4-11,17,22H,12-16H2,1-3H3/t22-/m0/s1. The number of nitrogens with zero attached hydrogens (tertiary/aromatic N) is 2. The van der Waals surface area contributed by atoms with Gasteiger partial charge in [0.2, 0.25) is 5.91 Å². The quantitative estimate of drug-likeness (QED) is 0.752. The Labute approximate surface area is 166 Å². The molecule has 0 unspecified atom stereocenters. The van der Waals surface area contributed by atoms with Crippen LogP contribution in [0.2, 0.25) is 0 Å². The zero-order valence-electron chi connectivity index (χ0n) is 16.9. The van der Waals surface area contributed by atoms with E-state index in [2.05, 4.69) is 30.9 Å². The Morgan fingerprint density at radius 3 is 2.25 bits per heavy atom. The Morgan fingerprint density at radius 1 is 1.04 bits per heavy atom. The number of halogens is 1. The minimum Gasteiger partial charge on any atom is -0.497 e. The molecule has 0 bridgehead atoms. The molecule has 1 saturated heterocycles. The number of hydrogen-bond donors (Lipinski definition) is 0. The average Bonchev–Trinajstić information content (AvgIpc) is 2.84. The summed E-state index contributed by atoms with van der Waals surface area (Å²) in [6.45, 7) is 7.23. The lowest BCUT2D eigenvalue weighted by Crippen LogP contribution is -2.45. The molecule has 2 aromatic rings. The summed E-state index contributed by atoms with van der Waals surface area (Å²) in [5.74, 6) is 1.10. The lowest BCUT2D eigenvalue weighted by Gasteiger charge is -2.35. The second-order valence-corrected chi connectivity index (χ2v) is 7.79. The molecular formula is C23H29FN2O2. The number of rotatable bonds is 6. The summed E-state index contributed by atoms with van der Waals surface area (Å²) in [5.41, 5.74) is 2.17. The van der Waals surface area contributed by atoms with Crippen molar-refractivity contribution in [3.63, 3.8) is 0 Å². The van der Waals surface area contributed by atoms with Gasteiger partial charge in [0, 0.05) is 38.6 Å². The molecule has 1 fully saturated rings. The molecule has 4 nitrogen and oxygen atoms in total. The first kappa shape index (κ1) is 20.3. The van der Waals surface area contributed by atoms with Gasteiger partial charge in [-0.05, 0) is 41.3 Å². The van der Waals surface area contributed by atoms with Crippen LogP contribution in [0.15, 0.2) is 48.5 Å². The van der Waals surface area contributed by atoms with E-state index in [9.17, 15) is 9.18 Å². The third-order valence-electron chi connectivity index (χ3n) is 5.41. The Bertz CT molecular complexity index is 774. The van der Waals surface area contributed by atoms with Gasteiger partial charge in [0.25, 0.3) is 0 Å². The van der Waals surface area contributed by atoms with Gasteiger partial charge >= 0.3 is 0 Å². The Hall–Kier alpha value is -2.40. The van der Waals surface area contributed by atoms with Crippen molar-refractivity contribution in [3.05, 3.63) is 65.5 Å². The molecule has 5 heteroatoms. The van der Waals surface area contributed by atoms with Crippen LogP contribution < -0.4 is 4.74 Å². The number of carbonyl (C=O) groups is 1. The van der Waals surface area contributed by atoms with Gasteiger partial charge in [-0.1, -0.05) is 38.1 Å². The Kier molecular flexibility index (Phi) is 6.68. The summed E-state index contributed by atoms with van der Waals surface area (Å²) >= 11 is 0. The predicted molar refractivity (Wildman–Crippen MR) is 108 cm³/mol. The van der Waals surface area contributed by atoms with Crippen LogP contribution in [0.1, 0.15) is 31.4 Å². The highest BCUT2D eigenvalue weighted by Gasteiger charge is 2.31. The molecule has 1 amide bonds. The van der Waals surface area contributed by atoms with E-state index in [-0.39, 0.29) is 17.8 Å². The van der Waals surface area contributed by atoms with E-state index in [1.54, 1.807) is 19.2 Å². The Balaban J connectivity index is 1.74. The summed E-state index contributed by atoms with van der Waals surface area (Å²) in [7, 11) is 1.67. The van der Waals surface area contributed by atoms with Crippen molar-refractivity contribution >= 4 is 5.91 Å². The minimum atomic E-state index is -0.253. The summed E-state index contributed by atoms with van der Waals surface area (Å²) in [6, 6.07) is 14.7. The fourth-order valence-corrected chi connectivity index (χ4v) is 3.73. The van der Waals surface area contributed by atoms with Crippen LogP contribution in [0.4, 0.5) is 4.39 Å². The SMILES string of the molecule is COc1ccc(CN2CCC(=O)N(Cc3ccc(F)cc3)[C@H](C(C)C)C2)cc1. The number of benzene rings is 2. The summed E-state index contributed by atoms with van der Waals surface area (Å²) in [6.07, 6.45) is 0.501. The van der Waals surface area contributed by atoms with Crippen LogP contribution in [0.3, 0.4) is 0 Å². The van der Waals surface area contributed by atoms with Gasteiger partial charge in [0.15, 0.2) is 0 Å². The molecule has 0 aliphatic carbocycles. The third-order valence-corrected chi connectivity index (χ3v) is 5.41. The first-order valence-corrected chi connectivity index (χ1v) is 9.85. The summed E-state index contributed by atoms with van der Waals surface area (Å²) in [4.78, 5) is 17.2. The maximum atomic E-state index is 13.2. The maximum absolute atomic E-state index is 13.2. The van der Waals surface area contributed by atoms with Crippen LogP contribution in [-0.4, -0.2) is 41.9 Å². The molecule has 1 atom stereocenters. The predicted octanol–water partition coefficient (Wildman–Crippen LogP) is 4.09. The first-order valence-electron chi connectivity index (χ1n) is 9.85. The highest BCUT2D eigenvalue weighted by Crippen LogP contribution is 2.23. The molecule has 28 heavy (non-hydrogen) atoms. The van der Waals surface area contributed by atoms with E-state index in [0.29, 0.717) is 18.9 Å². The second-order valence-electron chi connectivity index (χ2n) is 7.79. The molecule has 1 aliphatic heterocycles. The van der Waals surface area contributed by atoms with Crippen molar-refractivity contribution in [3.8, 4) is 5.75 Å². The lowest BCUT2D eigenvalue weighted by atomic mass is 10.0. The fourth-order valence-electron chi connectivity index (χ4n) is 3.73. The van der Waals surface area contributed by atoms with Crippen LogP contribution in [0, 0.1) is 11.7 Å². The molecule has 1 heterocycles. The van der Waals surface area contributed by atoms with Crippen molar-refractivity contribution in [2.24, 2.45) is 5.92 Å². The van der Waals surface area contributed by atoms with E-state index >= 15 is 0 Å². The first-order chi connectivity index (χ1) is 13.5. The zero-order chi connectivity index (χ0) is 20.1. The average molecular weight is 384 g/mol. The number of ether oxygens (including phenoxy) is 1. The van der Waals surface area contributed by atoms with Gasteiger partial charge in [-0.3, -0.25) is 9.69 Å². The Morgan fingerprint density at radius 2 is 1.64 bits per heavy atom. The molecule has 0 spiro atoms. The van der Waals surface area contributed by atoms with Gasteiger partial charge in [-0.2, -0.15) is 0 Å². The lowest BCUT2D eigenvalue weighted by molar-refractivity contribution is -0.134. The van der Waals surface area contributed by atoms with E-state index in [4.69, 9.17) is 4.74 Å². The van der Waals surface area contributed by atoms with Crippen molar-refractivity contribution in [1.82, 2.24) is 9.80 Å². The molecule has 0 N–H and O–H groups in total. The normalized spacial score (nSPS) is 18.4. The van der Waals surface area contributed by atoms with Crippen molar-refractivity contribution in [1.29, 1.82) is 0 Å². The van der Waals surface area contributed by atoms with Crippen molar-refractivity contribution in [2.45, 2.75) is 39.4 Å². The van der Waals surface area contributed by atoms with Crippen LogP contribution in [0.25, 0.3) is 0 Å². The molecule has 0 aromatic heterocycles. The maximum Gasteiger partial charge on any atom is 0.224 e. The van der Waals surface area contributed by atoms with Crippen molar-refractivity contribution < 1.29 is 13.9 Å².